The van der Waals surface area contributed by atoms with E-state index < -0.39 is 0 Å². The van der Waals surface area contributed by atoms with Gasteiger partial charge >= 0.3 is 0 Å². The van der Waals surface area contributed by atoms with E-state index in [0.717, 1.165) is 19.3 Å². The molecular formula is C12H21NO. The predicted molar refractivity (Wildman–Crippen MR) is 59.0 cm³/mol. The minimum Gasteiger partial charge on any atom is -0.353 e. The molecule has 0 saturated carbocycles. The van der Waals surface area contributed by atoms with Crippen LogP contribution in [-0.2, 0) is 4.79 Å². The van der Waals surface area contributed by atoms with E-state index in [0.29, 0.717) is 12.0 Å². The molecular weight excluding hydrogens is 174 g/mol. The fourth-order valence-corrected chi connectivity index (χ4v) is 2.34. The van der Waals surface area contributed by atoms with Gasteiger partial charge in [0.2, 0.25) is 5.91 Å². The molecule has 0 aromatic carbocycles. The molecule has 14 heavy (non-hydrogen) atoms. The molecule has 0 aromatic heterocycles. The van der Waals surface area contributed by atoms with E-state index in [1.807, 2.05) is 0 Å². The largest absolute Gasteiger partial charge is 0.353 e. The SMILES string of the molecule is CC(=O)NC1CCC(C(C)C)=C(C)C1. The monoisotopic (exact) mass is 195 g/mol. The minimum atomic E-state index is 0.0933. The van der Waals surface area contributed by atoms with E-state index in [9.17, 15) is 4.79 Å². The number of allylic oxidation sites excluding steroid dienone is 1. The smallest absolute Gasteiger partial charge is 0.217 e. The summed E-state index contributed by atoms with van der Waals surface area (Å²) in [7, 11) is 0. The van der Waals surface area contributed by atoms with Crippen LogP contribution in [0.3, 0.4) is 0 Å². The van der Waals surface area contributed by atoms with Gasteiger partial charge in [-0.3, -0.25) is 4.79 Å². The number of carbonyl (C=O) groups is 1. The van der Waals surface area contributed by atoms with Crippen LogP contribution in [0, 0.1) is 5.92 Å². The Labute approximate surface area is 86.8 Å². The van der Waals surface area contributed by atoms with Gasteiger partial charge in [-0.2, -0.15) is 0 Å². The van der Waals surface area contributed by atoms with Gasteiger partial charge in [-0.25, -0.2) is 0 Å². The van der Waals surface area contributed by atoms with Crippen molar-refractivity contribution in [3.63, 3.8) is 0 Å². The summed E-state index contributed by atoms with van der Waals surface area (Å²) in [5.74, 6) is 0.754. The summed E-state index contributed by atoms with van der Waals surface area (Å²) in [5, 5.41) is 3.00. The maximum absolute atomic E-state index is 10.9. The molecule has 0 aliphatic heterocycles. The van der Waals surface area contributed by atoms with Crippen molar-refractivity contribution >= 4 is 5.91 Å². The summed E-state index contributed by atoms with van der Waals surface area (Å²) in [6.45, 7) is 8.29. The zero-order chi connectivity index (χ0) is 10.7. The molecule has 0 bridgehead atoms. The van der Waals surface area contributed by atoms with Gasteiger partial charge in [-0.1, -0.05) is 25.0 Å². The lowest BCUT2D eigenvalue weighted by molar-refractivity contribution is -0.119. The molecule has 80 valence electrons. The first-order valence-corrected chi connectivity index (χ1v) is 5.46. The molecule has 2 nitrogen and oxygen atoms in total. The van der Waals surface area contributed by atoms with E-state index in [2.05, 4.69) is 26.1 Å². The van der Waals surface area contributed by atoms with E-state index in [1.165, 1.54) is 5.57 Å². The highest BCUT2D eigenvalue weighted by Crippen LogP contribution is 2.29. The second kappa shape index (κ2) is 4.63. The summed E-state index contributed by atoms with van der Waals surface area (Å²) in [4.78, 5) is 10.9. The molecule has 0 radical (unpaired) electrons. The number of amides is 1. The van der Waals surface area contributed by atoms with Gasteiger partial charge in [0.15, 0.2) is 0 Å². The zero-order valence-electron chi connectivity index (χ0n) is 9.68. The lowest BCUT2D eigenvalue weighted by atomic mass is 9.84. The maximum Gasteiger partial charge on any atom is 0.217 e. The Kier molecular flexibility index (Phi) is 3.73. The van der Waals surface area contributed by atoms with Crippen molar-refractivity contribution in [3.05, 3.63) is 11.1 Å². The average Bonchev–Trinajstić information content (AvgIpc) is 2.01. The predicted octanol–water partition coefficient (Wildman–Crippen LogP) is 2.65. The van der Waals surface area contributed by atoms with E-state index in [4.69, 9.17) is 0 Å². The van der Waals surface area contributed by atoms with Crippen LogP contribution in [0.15, 0.2) is 11.1 Å². The third-order valence-corrected chi connectivity index (χ3v) is 2.97. The van der Waals surface area contributed by atoms with Gasteiger partial charge in [0.25, 0.3) is 0 Å². The van der Waals surface area contributed by atoms with Crippen LogP contribution in [0.5, 0.6) is 0 Å². The van der Waals surface area contributed by atoms with Crippen molar-refractivity contribution in [2.45, 2.75) is 53.0 Å². The van der Waals surface area contributed by atoms with Gasteiger partial charge in [0.05, 0.1) is 0 Å². The molecule has 0 aromatic rings. The fourth-order valence-electron chi connectivity index (χ4n) is 2.34. The number of carbonyl (C=O) groups excluding carboxylic acids is 1. The molecule has 1 aliphatic carbocycles. The average molecular weight is 195 g/mol. The summed E-state index contributed by atoms with van der Waals surface area (Å²) in [6, 6.07) is 0.370. The van der Waals surface area contributed by atoms with Crippen LogP contribution >= 0.6 is 0 Å². The summed E-state index contributed by atoms with van der Waals surface area (Å²) in [6.07, 6.45) is 3.28. The first kappa shape index (κ1) is 11.3. The molecule has 1 amide bonds. The Bertz CT molecular complexity index is 253. The van der Waals surface area contributed by atoms with Crippen LogP contribution in [-0.4, -0.2) is 11.9 Å². The van der Waals surface area contributed by atoms with Crippen molar-refractivity contribution in [2.75, 3.05) is 0 Å². The second-order valence-corrected chi connectivity index (χ2v) is 4.60. The van der Waals surface area contributed by atoms with Crippen molar-refractivity contribution in [1.29, 1.82) is 0 Å². The Morgan fingerprint density at radius 2 is 2.14 bits per heavy atom. The third-order valence-electron chi connectivity index (χ3n) is 2.97. The Morgan fingerprint density at radius 3 is 2.57 bits per heavy atom. The second-order valence-electron chi connectivity index (χ2n) is 4.60. The lowest BCUT2D eigenvalue weighted by Gasteiger charge is -2.28. The Hall–Kier alpha value is -0.790. The maximum atomic E-state index is 10.9. The number of hydrogen-bond donors (Lipinski definition) is 1. The number of nitrogens with one attached hydrogen (secondary N) is 1. The number of rotatable bonds is 2. The standard InChI is InChI=1S/C12H21NO/c1-8(2)12-6-5-11(7-9(12)3)13-10(4)14/h8,11H,5-7H2,1-4H3,(H,13,14). The van der Waals surface area contributed by atoms with E-state index >= 15 is 0 Å². The van der Waals surface area contributed by atoms with Gasteiger partial charge in [0, 0.05) is 13.0 Å². The highest BCUT2D eigenvalue weighted by molar-refractivity contribution is 5.73. The van der Waals surface area contributed by atoms with E-state index in [1.54, 1.807) is 12.5 Å². The van der Waals surface area contributed by atoms with Gasteiger partial charge in [0.1, 0.15) is 0 Å². The molecule has 0 spiro atoms. The minimum absolute atomic E-state index is 0.0933. The topological polar surface area (TPSA) is 29.1 Å². The van der Waals surface area contributed by atoms with Gasteiger partial charge < -0.3 is 5.32 Å². The number of hydrogen-bond acceptors (Lipinski definition) is 1. The fraction of sp³-hybridized carbons (Fsp3) is 0.750. The Morgan fingerprint density at radius 1 is 1.50 bits per heavy atom. The normalized spacial score (nSPS) is 22.8. The summed E-state index contributed by atoms with van der Waals surface area (Å²) < 4.78 is 0. The molecule has 1 N–H and O–H groups in total. The first-order valence-electron chi connectivity index (χ1n) is 5.46. The molecule has 0 saturated heterocycles. The third kappa shape index (κ3) is 2.86. The van der Waals surface area contributed by atoms with Crippen LogP contribution in [0.25, 0.3) is 0 Å². The summed E-state index contributed by atoms with van der Waals surface area (Å²) >= 11 is 0. The van der Waals surface area contributed by atoms with Crippen molar-refractivity contribution < 1.29 is 4.79 Å². The molecule has 0 heterocycles. The zero-order valence-corrected chi connectivity index (χ0v) is 9.68. The van der Waals surface area contributed by atoms with Crippen LogP contribution in [0.1, 0.15) is 47.0 Å². The quantitative estimate of drug-likeness (QED) is 0.674. The molecule has 2 heteroatoms. The molecule has 1 aliphatic rings. The lowest BCUT2D eigenvalue weighted by Crippen LogP contribution is -2.35. The molecule has 0 fully saturated rings. The molecule has 1 atom stereocenters. The van der Waals surface area contributed by atoms with Gasteiger partial charge in [-0.05, 0) is 32.1 Å². The highest BCUT2D eigenvalue weighted by atomic mass is 16.1. The summed E-state index contributed by atoms with van der Waals surface area (Å²) in [5.41, 5.74) is 3.07. The molecule has 1 rings (SSSR count). The van der Waals surface area contributed by atoms with Crippen LogP contribution in [0.2, 0.25) is 0 Å². The van der Waals surface area contributed by atoms with Crippen LogP contribution in [0.4, 0.5) is 0 Å². The van der Waals surface area contributed by atoms with Crippen molar-refractivity contribution in [3.8, 4) is 0 Å². The van der Waals surface area contributed by atoms with E-state index in [-0.39, 0.29) is 5.91 Å². The first-order chi connectivity index (χ1) is 6.50. The van der Waals surface area contributed by atoms with Gasteiger partial charge in [-0.15, -0.1) is 0 Å². The molecule has 1 unspecified atom stereocenters. The Balaban J connectivity index is 2.59. The van der Waals surface area contributed by atoms with Crippen molar-refractivity contribution in [1.82, 2.24) is 5.32 Å². The highest BCUT2D eigenvalue weighted by Gasteiger charge is 2.20. The van der Waals surface area contributed by atoms with Crippen LogP contribution < -0.4 is 5.32 Å². The van der Waals surface area contributed by atoms with Crippen molar-refractivity contribution in [2.24, 2.45) is 5.92 Å².